The maximum Gasteiger partial charge on any atom is 0.416 e. The lowest BCUT2D eigenvalue weighted by molar-refractivity contribution is -0.137. The van der Waals surface area contributed by atoms with Crippen molar-refractivity contribution < 1.29 is 13.2 Å². The highest BCUT2D eigenvalue weighted by Gasteiger charge is 2.32. The Labute approximate surface area is 117 Å². The van der Waals surface area contributed by atoms with E-state index in [1.54, 1.807) is 12.1 Å². The van der Waals surface area contributed by atoms with Gasteiger partial charge < -0.3 is 0 Å². The van der Waals surface area contributed by atoms with Gasteiger partial charge in [-0.2, -0.15) is 13.2 Å². The molecule has 20 heavy (non-hydrogen) atoms. The summed E-state index contributed by atoms with van der Waals surface area (Å²) < 4.78 is 37.7. The maximum atomic E-state index is 12.6. The van der Waals surface area contributed by atoms with Crippen LogP contribution in [0.15, 0.2) is 30.3 Å². The molecule has 2 heterocycles. The Hall–Kier alpha value is -1.29. The molecule has 3 rings (SSSR count). The molecule has 0 aliphatic carbocycles. The van der Waals surface area contributed by atoms with Gasteiger partial charge in [-0.3, -0.25) is 4.90 Å². The van der Waals surface area contributed by atoms with Crippen LogP contribution in [0, 0.1) is 0 Å². The average Bonchev–Trinajstić information content (AvgIpc) is 2.37. The monoisotopic (exact) mass is 280 g/mol. The first-order valence-electron chi connectivity index (χ1n) is 7.05. The van der Waals surface area contributed by atoms with Crippen LogP contribution in [0.4, 0.5) is 13.2 Å². The number of halogens is 3. The van der Waals surface area contributed by atoms with E-state index in [-0.39, 0.29) is 0 Å². The Balaban J connectivity index is 1.86. The number of benzene rings is 1. The summed E-state index contributed by atoms with van der Waals surface area (Å²) in [4.78, 5) is 2.40. The summed E-state index contributed by atoms with van der Waals surface area (Å²) in [5, 5.41) is 0. The van der Waals surface area contributed by atoms with Gasteiger partial charge in [0.25, 0.3) is 0 Å². The Morgan fingerprint density at radius 3 is 2.40 bits per heavy atom. The summed E-state index contributed by atoms with van der Waals surface area (Å²) in [6.07, 6.45) is 2.51. The lowest BCUT2D eigenvalue weighted by Gasteiger charge is -2.42. The molecule has 1 aromatic carbocycles. The number of nitrogens with zero attached hydrogens (tertiary/aromatic N) is 1. The molecule has 0 N–H and O–H groups in total. The lowest BCUT2D eigenvalue weighted by atomic mass is 9.81. The number of rotatable bonds is 1. The first-order valence-corrected chi connectivity index (χ1v) is 7.05. The zero-order valence-electron chi connectivity index (χ0n) is 11.5. The smallest absolute Gasteiger partial charge is 0.297 e. The number of hydrogen-bond donors (Lipinski definition) is 0. The van der Waals surface area contributed by atoms with Crippen molar-refractivity contribution in [1.82, 2.24) is 4.90 Å². The fraction of sp³-hybridized carbons (Fsp3) is 0.500. The summed E-state index contributed by atoms with van der Waals surface area (Å²) in [5.74, 6) is 0. The summed E-state index contributed by atoms with van der Waals surface area (Å²) in [6.45, 7) is 0. The van der Waals surface area contributed by atoms with Crippen LogP contribution in [-0.4, -0.2) is 24.0 Å². The number of fused-ring (bicyclic) bond motifs is 2. The second kappa shape index (κ2) is 4.92. The van der Waals surface area contributed by atoms with Crippen LogP contribution >= 0.6 is 0 Å². The predicted molar refractivity (Wildman–Crippen MR) is 73.2 cm³/mol. The van der Waals surface area contributed by atoms with Gasteiger partial charge in [0.1, 0.15) is 0 Å². The Kier molecular flexibility index (Phi) is 3.36. The number of hydrogen-bond acceptors (Lipinski definition) is 1. The molecule has 2 aliphatic rings. The van der Waals surface area contributed by atoms with Crippen molar-refractivity contribution >= 4 is 5.57 Å². The highest BCUT2D eigenvalue weighted by atomic mass is 19.4. The maximum absolute atomic E-state index is 12.6. The molecule has 1 fully saturated rings. The third kappa shape index (κ3) is 2.49. The quantitative estimate of drug-likeness (QED) is 0.739. The van der Waals surface area contributed by atoms with E-state index in [0.29, 0.717) is 12.1 Å². The van der Waals surface area contributed by atoms with Gasteiger partial charge >= 0.3 is 6.18 Å². The van der Waals surface area contributed by atoms with E-state index in [4.69, 9.17) is 0 Å². The van der Waals surface area contributed by atoms with E-state index >= 15 is 0 Å². The molecule has 0 aromatic heterocycles. The second-order valence-corrected chi connectivity index (χ2v) is 5.79. The minimum Gasteiger partial charge on any atom is -0.297 e. The standard InChI is InChI=1S/C16H18F3N/c1-20-14-3-2-4-15(20)10-12(9-14)11-5-7-13(8-6-11)16(17,18)19/h5-9,14-15H,2-4,10H2,1H3/i1-1. The topological polar surface area (TPSA) is 3.24 Å². The zero-order chi connectivity index (χ0) is 14.3. The van der Waals surface area contributed by atoms with Crippen molar-refractivity contribution in [3.05, 3.63) is 41.5 Å². The van der Waals surface area contributed by atoms with E-state index in [1.165, 1.54) is 30.5 Å². The predicted octanol–water partition coefficient (Wildman–Crippen LogP) is 4.35. The van der Waals surface area contributed by atoms with Crippen LogP contribution in [0.2, 0.25) is 0 Å². The fourth-order valence-electron chi connectivity index (χ4n) is 3.33. The van der Waals surface area contributed by atoms with Crippen LogP contribution < -0.4 is 0 Å². The zero-order valence-corrected chi connectivity index (χ0v) is 11.5. The normalized spacial score (nSPS) is 27.3. The van der Waals surface area contributed by atoms with Crippen LogP contribution in [0.25, 0.3) is 5.57 Å². The second-order valence-electron chi connectivity index (χ2n) is 5.79. The van der Waals surface area contributed by atoms with E-state index in [0.717, 1.165) is 18.4 Å². The van der Waals surface area contributed by atoms with Crippen LogP contribution in [-0.2, 0) is 6.18 Å². The molecular formula is C16H18F3N. The minimum absolute atomic E-state index is 0.444. The SMILES string of the molecule is [11CH3]N1C2C=C(c3ccc(C(F)(F)F)cc3)CC1CCC2. The van der Waals surface area contributed by atoms with Gasteiger partial charge in [-0.05, 0) is 49.6 Å². The Bertz CT molecular complexity index is 516. The Morgan fingerprint density at radius 1 is 1.10 bits per heavy atom. The summed E-state index contributed by atoms with van der Waals surface area (Å²) in [5.41, 5.74) is 1.56. The molecule has 2 unspecified atom stereocenters. The molecule has 2 aliphatic heterocycles. The van der Waals surface area contributed by atoms with Crippen molar-refractivity contribution in [1.29, 1.82) is 0 Å². The first-order chi connectivity index (χ1) is 9.45. The van der Waals surface area contributed by atoms with Crippen molar-refractivity contribution in [2.24, 2.45) is 0 Å². The molecule has 1 aromatic rings. The molecule has 2 atom stereocenters. The number of alkyl halides is 3. The third-order valence-corrected chi connectivity index (χ3v) is 4.57. The fourth-order valence-corrected chi connectivity index (χ4v) is 3.33. The van der Waals surface area contributed by atoms with Gasteiger partial charge in [0.2, 0.25) is 0 Å². The molecule has 0 spiro atoms. The highest BCUT2D eigenvalue weighted by Crippen LogP contribution is 2.37. The number of piperidine rings is 1. The third-order valence-electron chi connectivity index (χ3n) is 4.57. The molecular weight excluding hydrogens is 262 g/mol. The molecule has 4 heteroatoms. The van der Waals surface area contributed by atoms with Crippen molar-refractivity contribution in [2.45, 2.75) is 43.9 Å². The van der Waals surface area contributed by atoms with Gasteiger partial charge in [0.05, 0.1) is 5.56 Å². The summed E-state index contributed by atoms with van der Waals surface area (Å²) in [7, 11) is 2.15. The molecule has 0 amide bonds. The molecule has 1 saturated heterocycles. The van der Waals surface area contributed by atoms with Crippen molar-refractivity contribution in [2.75, 3.05) is 7.05 Å². The van der Waals surface area contributed by atoms with Crippen LogP contribution in [0.1, 0.15) is 36.8 Å². The molecule has 0 saturated carbocycles. The molecule has 108 valence electrons. The number of likely N-dealkylation sites (N-methyl/N-ethyl adjacent to an activating group) is 1. The van der Waals surface area contributed by atoms with E-state index in [9.17, 15) is 13.2 Å². The highest BCUT2D eigenvalue weighted by molar-refractivity contribution is 5.68. The van der Waals surface area contributed by atoms with E-state index < -0.39 is 11.7 Å². The van der Waals surface area contributed by atoms with Crippen LogP contribution in [0.5, 0.6) is 0 Å². The van der Waals surface area contributed by atoms with Crippen LogP contribution in [0.3, 0.4) is 0 Å². The van der Waals surface area contributed by atoms with Gasteiger partial charge in [0.15, 0.2) is 0 Å². The molecule has 0 radical (unpaired) electrons. The van der Waals surface area contributed by atoms with Crippen molar-refractivity contribution in [3.63, 3.8) is 0 Å². The first kappa shape index (κ1) is 13.7. The van der Waals surface area contributed by atoms with E-state index in [2.05, 4.69) is 18.0 Å². The minimum atomic E-state index is -4.25. The van der Waals surface area contributed by atoms with E-state index in [1.807, 2.05) is 0 Å². The summed E-state index contributed by atoms with van der Waals surface area (Å²) in [6, 6.07) is 6.57. The van der Waals surface area contributed by atoms with Gasteiger partial charge in [-0.25, -0.2) is 0 Å². The Morgan fingerprint density at radius 2 is 1.80 bits per heavy atom. The summed E-state index contributed by atoms with van der Waals surface area (Å²) >= 11 is 0. The van der Waals surface area contributed by atoms with Crippen molar-refractivity contribution in [3.8, 4) is 0 Å². The lowest BCUT2D eigenvalue weighted by Crippen LogP contribution is -2.45. The molecule has 2 bridgehead atoms. The van der Waals surface area contributed by atoms with Gasteiger partial charge in [-0.15, -0.1) is 0 Å². The molecule has 1 nitrogen and oxygen atoms in total. The average molecular weight is 280 g/mol. The largest absolute Gasteiger partial charge is 0.416 e. The van der Waals surface area contributed by atoms with Gasteiger partial charge in [0, 0.05) is 12.1 Å². The van der Waals surface area contributed by atoms with Gasteiger partial charge in [-0.1, -0.05) is 24.6 Å².